The summed E-state index contributed by atoms with van der Waals surface area (Å²) in [5.41, 5.74) is 9.82. The highest BCUT2D eigenvalue weighted by Gasteiger charge is 2.14. The first-order valence-electron chi connectivity index (χ1n) is 11.5. The molecule has 4 nitrogen and oxygen atoms in total. The molecule has 0 radical (unpaired) electrons. The van der Waals surface area contributed by atoms with Crippen molar-refractivity contribution in [1.82, 2.24) is 15.0 Å². The van der Waals surface area contributed by atoms with Crippen LogP contribution in [0, 0.1) is 0 Å². The van der Waals surface area contributed by atoms with Gasteiger partial charge >= 0.3 is 0 Å². The van der Waals surface area contributed by atoms with Crippen molar-refractivity contribution in [1.29, 1.82) is 0 Å². The van der Waals surface area contributed by atoms with Crippen LogP contribution in [0.4, 0.5) is 0 Å². The van der Waals surface area contributed by atoms with Crippen LogP contribution < -0.4 is 0 Å². The van der Waals surface area contributed by atoms with Gasteiger partial charge in [0.05, 0.1) is 22.4 Å². The average Bonchev–Trinajstić information content (AvgIpc) is 3.32. The summed E-state index contributed by atoms with van der Waals surface area (Å²) in [7, 11) is 0. The maximum absolute atomic E-state index is 5.90. The lowest BCUT2D eigenvalue weighted by Gasteiger charge is -2.13. The predicted molar refractivity (Wildman–Crippen MR) is 138 cm³/mol. The number of oxazole rings is 1. The molecule has 0 unspecified atom stereocenters. The van der Waals surface area contributed by atoms with Crippen molar-refractivity contribution in [2.24, 2.45) is 0 Å². The Kier molecular flexibility index (Phi) is 4.92. The molecule has 34 heavy (non-hydrogen) atoms. The molecule has 0 aliphatic carbocycles. The van der Waals surface area contributed by atoms with Crippen LogP contribution in [0.5, 0.6) is 0 Å². The van der Waals surface area contributed by atoms with Gasteiger partial charge in [-0.3, -0.25) is 0 Å². The molecule has 0 amide bonds. The molecule has 6 aromatic rings. The van der Waals surface area contributed by atoms with Gasteiger partial charge in [0.2, 0.25) is 5.89 Å². The van der Waals surface area contributed by atoms with E-state index in [-0.39, 0.29) is 5.92 Å². The second kappa shape index (κ2) is 8.23. The fourth-order valence-corrected chi connectivity index (χ4v) is 4.25. The molecule has 164 valence electrons. The number of rotatable bonds is 4. The second-order valence-electron chi connectivity index (χ2n) is 8.74. The zero-order chi connectivity index (χ0) is 23.1. The van der Waals surface area contributed by atoms with Crippen LogP contribution in [0.3, 0.4) is 0 Å². The lowest BCUT2D eigenvalue weighted by atomic mass is 9.98. The minimum atomic E-state index is 0.284. The van der Waals surface area contributed by atoms with E-state index in [2.05, 4.69) is 67.4 Å². The summed E-state index contributed by atoms with van der Waals surface area (Å²) in [5.74, 6) is 0.922. The van der Waals surface area contributed by atoms with Gasteiger partial charge in [0.15, 0.2) is 5.58 Å². The summed E-state index contributed by atoms with van der Waals surface area (Å²) in [6.45, 7) is 4.32. The summed E-state index contributed by atoms with van der Waals surface area (Å²) >= 11 is 0. The van der Waals surface area contributed by atoms with Crippen molar-refractivity contribution in [2.75, 3.05) is 0 Å². The molecule has 4 aromatic carbocycles. The van der Waals surface area contributed by atoms with E-state index in [0.29, 0.717) is 5.89 Å². The first-order valence-corrected chi connectivity index (χ1v) is 11.5. The van der Waals surface area contributed by atoms with Crippen LogP contribution in [0.25, 0.3) is 56.0 Å². The molecular weight excluding hydrogens is 418 g/mol. The number of para-hydroxylation sites is 4. The quantitative estimate of drug-likeness (QED) is 0.279. The lowest BCUT2D eigenvalue weighted by Crippen LogP contribution is -2.00. The molecule has 2 aromatic heterocycles. The van der Waals surface area contributed by atoms with Gasteiger partial charge < -0.3 is 4.42 Å². The van der Waals surface area contributed by atoms with Crippen molar-refractivity contribution >= 4 is 22.1 Å². The normalized spacial score (nSPS) is 11.5. The van der Waals surface area contributed by atoms with E-state index in [1.165, 1.54) is 0 Å². The summed E-state index contributed by atoms with van der Waals surface area (Å²) in [4.78, 5) is 14.5. The molecular formula is C30H23N3O. The van der Waals surface area contributed by atoms with E-state index in [0.717, 1.165) is 55.8 Å². The summed E-state index contributed by atoms with van der Waals surface area (Å²) in [6.07, 6.45) is 0. The Balaban J connectivity index is 1.32. The Hall–Kier alpha value is -4.31. The number of aromatic nitrogens is 3. The van der Waals surface area contributed by atoms with Gasteiger partial charge in [-0.25, -0.2) is 15.0 Å². The maximum atomic E-state index is 5.90. The van der Waals surface area contributed by atoms with E-state index < -0.39 is 0 Å². The number of hydrogen-bond donors (Lipinski definition) is 0. The molecule has 0 spiro atoms. The van der Waals surface area contributed by atoms with Crippen LogP contribution in [0.1, 0.15) is 25.5 Å². The maximum Gasteiger partial charge on any atom is 0.227 e. The van der Waals surface area contributed by atoms with Gasteiger partial charge in [-0.05, 0) is 53.4 Å². The zero-order valence-electron chi connectivity index (χ0n) is 19.1. The van der Waals surface area contributed by atoms with Crippen LogP contribution >= 0.6 is 0 Å². The third-order valence-electron chi connectivity index (χ3n) is 6.06. The standard InChI is InChI=1S/C30H23N3O/c1-19(2)28-29(32-25-8-4-3-7-24(25)31-28)22-15-11-20(12-16-22)21-13-17-23(18-14-21)30-33-26-9-5-6-10-27(26)34-30/h3-19H,1-2H3. The van der Waals surface area contributed by atoms with Gasteiger partial charge in [0.1, 0.15) is 5.52 Å². The van der Waals surface area contributed by atoms with Crippen molar-refractivity contribution in [3.8, 4) is 33.8 Å². The van der Waals surface area contributed by atoms with Crippen LogP contribution in [-0.4, -0.2) is 15.0 Å². The van der Waals surface area contributed by atoms with Crippen molar-refractivity contribution in [3.63, 3.8) is 0 Å². The molecule has 0 fully saturated rings. The molecule has 0 bridgehead atoms. The average molecular weight is 442 g/mol. The highest BCUT2D eigenvalue weighted by Crippen LogP contribution is 2.31. The highest BCUT2D eigenvalue weighted by atomic mass is 16.3. The molecule has 0 saturated carbocycles. The Bertz CT molecular complexity index is 1580. The van der Waals surface area contributed by atoms with E-state index in [1.807, 2.05) is 48.5 Å². The molecule has 0 saturated heterocycles. The topological polar surface area (TPSA) is 51.8 Å². The Morgan fingerprint density at radius 3 is 1.68 bits per heavy atom. The summed E-state index contributed by atoms with van der Waals surface area (Å²) in [6, 6.07) is 32.7. The first-order chi connectivity index (χ1) is 16.7. The molecule has 4 heteroatoms. The van der Waals surface area contributed by atoms with Gasteiger partial charge in [0.25, 0.3) is 0 Å². The van der Waals surface area contributed by atoms with Crippen LogP contribution in [0.15, 0.2) is 101 Å². The van der Waals surface area contributed by atoms with Gasteiger partial charge in [0, 0.05) is 11.1 Å². The van der Waals surface area contributed by atoms with Crippen molar-refractivity contribution in [3.05, 3.63) is 103 Å². The van der Waals surface area contributed by atoms with Gasteiger partial charge in [-0.2, -0.15) is 0 Å². The Morgan fingerprint density at radius 1 is 0.529 bits per heavy atom. The molecule has 0 N–H and O–H groups in total. The van der Waals surface area contributed by atoms with Crippen LogP contribution in [-0.2, 0) is 0 Å². The van der Waals surface area contributed by atoms with Crippen molar-refractivity contribution in [2.45, 2.75) is 19.8 Å². The second-order valence-corrected chi connectivity index (χ2v) is 8.74. The molecule has 0 atom stereocenters. The molecule has 2 heterocycles. The monoisotopic (exact) mass is 441 g/mol. The van der Waals surface area contributed by atoms with Gasteiger partial charge in [-0.15, -0.1) is 0 Å². The Labute approximate surface area is 198 Å². The fourth-order valence-electron chi connectivity index (χ4n) is 4.25. The molecule has 0 aliphatic heterocycles. The van der Waals surface area contributed by atoms with E-state index in [4.69, 9.17) is 14.4 Å². The Morgan fingerprint density at radius 2 is 1.06 bits per heavy atom. The van der Waals surface area contributed by atoms with Crippen molar-refractivity contribution < 1.29 is 4.42 Å². The lowest BCUT2D eigenvalue weighted by molar-refractivity contribution is 0.620. The third-order valence-corrected chi connectivity index (χ3v) is 6.06. The van der Waals surface area contributed by atoms with E-state index in [1.54, 1.807) is 0 Å². The minimum Gasteiger partial charge on any atom is -0.436 e. The molecule has 6 rings (SSSR count). The minimum absolute atomic E-state index is 0.284. The summed E-state index contributed by atoms with van der Waals surface area (Å²) in [5, 5.41) is 0. The largest absolute Gasteiger partial charge is 0.436 e. The number of nitrogens with zero attached hydrogens (tertiary/aromatic N) is 3. The smallest absolute Gasteiger partial charge is 0.227 e. The predicted octanol–water partition coefficient (Wildman–Crippen LogP) is 7.90. The first kappa shape index (κ1) is 20.3. The van der Waals surface area contributed by atoms with Crippen LogP contribution in [0.2, 0.25) is 0 Å². The molecule has 0 aliphatic rings. The van der Waals surface area contributed by atoms with E-state index in [9.17, 15) is 0 Å². The fraction of sp³-hybridized carbons (Fsp3) is 0.100. The number of fused-ring (bicyclic) bond motifs is 2. The van der Waals surface area contributed by atoms with Gasteiger partial charge in [-0.1, -0.05) is 74.5 Å². The SMILES string of the molecule is CC(C)c1nc2ccccc2nc1-c1ccc(-c2ccc(-c3nc4ccccc4o3)cc2)cc1. The zero-order valence-corrected chi connectivity index (χ0v) is 19.1. The highest BCUT2D eigenvalue weighted by molar-refractivity contribution is 5.80. The van der Waals surface area contributed by atoms with E-state index >= 15 is 0 Å². The summed E-state index contributed by atoms with van der Waals surface area (Å²) < 4.78 is 5.90. The third kappa shape index (κ3) is 3.63. The number of hydrogen-bond acceptors (Lipinski definition) is 4. The number of benzene rings is 4.